The van der Waals surface area contributed by atoms with Gasteiger partial charge in [-0.15, -0.1) is 0 Å². The van der Waals surface area contributed by atoms with E-state index < -0.39 is 0 Å². The van der Waals surface area contributed by atoms with Crippen LogP contribution in [-0.4, -0.2) is 42.1 Å². The number of ether oxygens (including phenoxy) is 1. The summed E-state index contributed by atoms with van der Waals surface area (Å²) in [5, 5.41) is 0. The first-order valence-corrected chi connectivity index (χ1v) is 11.7. The van der Waals surface area contributed by atoms with Crippen molar-refractivity contribution in [1.29, 1.82) is 0 Å². The molecular formula is C26H34N2O. The minimum Gasteiger partial charge on any atom is -0.490 e. The summed E-state index contributed by atoms with van der Waals surface area (Å²) >= 11 is 0. The van der Waals surface area contributed by atoms with Crippen LogP contribution in [0.4, 0.5) is 0 Å². The molecule has 0 N–H and O–H groups in total. The molecule has 3 aliphatic rings. The summed E-state index contributed by atoms with van der Waals surface area (Å²) < 4.78 is 6.59. The molecule has 2 fully saturated rings. The van der Waals surface area contributed by atoms with Gasteiger partial charge in [0.15, 0.2) is 0 Å². The third-order valence-corrected chi connectivity index (χ3v) is 7.10. The van der Waals surface area contributed by atoms with Crippen LogP contribution in [0.2, 0.25) is 0 Å². The van der Waals surface area contributed by atoms with Crippen molar-refractivity contribution in [2.75, 3.05) is 26.2 Å². The van der Waals surface area contributed by atoms with Crippen molar-refractivity contribution in [3.05, 3.63) is 65.2 Å². The van der Waals surface area contributed by atoms with E-state index in [2.05, 4.69) is 58.3 Å². The zero-order chi connectivity index (χ0) is 19.5. The second-order valence-electron chi connectivity index (χ2n) is 9.05. The predicted molar refractivity (Wildman–Crippen MR) is 118 cm³/mol. The van der Waals surface area contributed by atoms with E-state index >= 15 is 0 Å². The van der Waals surface area contributed by atoms with Crippen LogP contribution in [0.3, 0.4) is 0 Å². The Balaban J connectivity index is 1.19. The van der Waals surface area contributed by atoms with Crippen LogP contribution in [0, 0.1) is 0 Å². The van der Waals surface area contributed by atoms with Gasteiger partial charge < -0.3 is 4.74 Å². The third kappa shape index (κ3) is 4.36. The Morgan fingerprint density at radius 1 is 0.793 bits per heavy atom. The van der Waals surface area contributed by atoms with Gasteiger partial charge in [0.1, 0.15) is 11.9 Å². The van der Waals surface area contributed by atoms with Gasteiger partial charge in [-0.1, -0.05) is 48.9 Å². The molecule has 0 saturated carbocycles. The monoisotopic (exact) mass is 390 g/mol. The average molecular weight is 391 g/mol. The molecule has 29 heavy (non-hydrogen) atoms. The quantitative estimate of drug-likeness (QED) is 0.698. The summed E-state index contributed by atoms with van der Waals surface area (Å²) in [6.07, 6.45) is 9.21. The van der Waals surface area contributed by atoms with E-state index in [-0.39, 0.29) is 0 Å². The minimum absolute atomic E-state index is 0.363. The molecule has 2 heterocycles. The second kappa shape index (κ2) is 8.89. The topological polar surface area (TPSA) is 15.7 Å². The van der Waals surface area contributed by atoms with Gasteiger partial charge in [0.25, 0.3) is 0 Å². The number of fused-ring (bicyclic) bond motifs is 1. The highest BCUT2D eigenvalue weighted by atomic mass is 16.5. The summed E-state index contributed by atoms with van der Waals surface area (Å²) in [6, 6.07) is 18.3. The predicted octanol–water partition coefficient (Wildman–Crippen LogP) is 5.20. The molecule has 5 rings (SSSR count). The average Bonchev–Trinajstić information content (AvgIpc) is 3.22. The molecule has 154 valence electrons. The molecule has 2 aromatic rings. The summed E-state index contributed by atoms with van der Waals surface area (Å²) in [5.74, 6) is 1.17. The molecule has 0 spiro atoms. The summed E-state index contributed by atoms with van der Waals surface area (Å²) in [5.41, 5.74) is 4.46. The molecule has 1 atom stereocenters. The van der Waals surface area contributed by atoms with E-state index in [0.29, 0.717) is 12.1 Å². The van der Waals surface area contributed by atoms with Gasteiger partial charge >= 0.3 is 0 Å². The van der Waals surface area contributed by atoms with Crippen molar-refractivity contribution in [3.63, 3.8) is 0 Å². The van der Waals surface area contributed by atoms with Crippen molar-refractivity contribution in [1.82, 2.24) is 9.80 Å². The zero-order valence-corrected chi connectivity index (χ0v) is 17.6. The molecule has 0 aromatic heterocycles. The van der Waals surface area contributed by atoms with Crippen LogP contribution in [0.15, 0.2) is 48.5 Å². The van der Waals surface area contributed by atoms with E-state index in [4.69, 9.17) is 4.74 Å². The van der Waals surface area contributed by atoms with Crippen LogP contribution in [-0.2, 0) is 13.0 Å². The Morgan fingerprint density at radius 3 is 2.38 bits per heavy atom. The highest BCUT2D eigenvalue weighted by Crippen LogP contribution is 2.41. The maximum absolute atomic E-state index is 6.59. The number of hydrogen-bond acceptors (Lipinski definition) is 3. The summed E-state index contributed by atoms with van der Waals surface area (Å²) in [7, 11) is 0. The van der Waals surface area contributed by atoms with Gasteiger partial charge in [0.2, 0.25) is 0 Å². The normalized spacial score (nSPS) is 23.8. The van der Waals surface area contributed by atoms with Crippen LogP contribution >= 0.6 is 0 Å². The third-order valence-electron chi connectivity index (χ3n) is 7.10. The summed E-state index contributed by atoms with van der Waals surface area (Å²) in [6.45, 7) is 5.87. The first-order chi connectivity index (χ1) is 14.4. The van der Waals surface area contributed by atoms with Crippen molar-refractivity contribution in [2.45, 2.75) is 63.6 Å². The van der Waals surface area contributed by atoms with Gasteiger partial charge in [0.05, 0.1) is 0 Å². The molecule has 1 unspecified atom stereocenters. The molecule has 0 amide bonds. The number of nitrogens with zero attached hydrogens (tertiary/aromatic N) is 2. The van der Waals surface area contributed by atoms with E-state index in [1.54, 1.807) is 5.56 Å². The lowest BCUT2D eigenvalue weighted by atomic mass is 10.0. The standard InChI is InChI=1S/C26H34N2O/c1-3-8-21(9-4-1)20-27-18-14-22(15-19-27)29-26-11-7-10-23-24(26)12-13-25(23)28-16-5-2-6-17-28/h1,3-4,7-11,22,25H,2,5-6,12-20H2. The van der Waals surface area contributed by atoms with E-state index in [1.165, 1.54) is 62.1 Å². The minimum atomic E-state index is 0.363. The highest BCUT2D eigenvalue weighted by molar-refractivity contribution is 5.45. The van der Waals surface area contributed by atoms with Gasteiger partial charge in [-0.05, 0) is 74.4 Å². The Morgan fingerprint density at radius 2 is 1.59 bits per heavy atom. The number of benzene rings is 2. The molecule has 2 aromatic carbocycles. The lowest BCUT2D eigenvalue weighted by Gasteiger charge is -2.33. The highest BCUT2D eigenvalue weighted by Gasteiger charge is 2.31. The number of piperidine rings is 2. The first-order valence-electron chi connectivity index (χ1n) is 11.7. The van der Waals surface area contributed by atoms with Crippen LogP contribution in [0.25, 0.3) is 0 Å². The Bertz CT molecular complexity index is 792. The molecule has 3 heteroatoms. The van der Waals surface area contributed by atoms with Gasteiger partial charge in [0, 0.05) is 25.7 Å². The maximum Gasteiger partial charge on any atom is 0.123 e. The number of likely N-dealkylation sites (tertiary alicyclic amines) is 2. The SMILES string of the molecule is c1ccc(CN2CCC(Oc3cccc4c3CCC4N3CCCCC3)CC2)cc1. The van der Waals surface area contributed by atoms with Crippen molar-refractivity contribution in [2.24, 2.45) is 0 Å². The smallest absolute Gasteiger partial charge is 0.123 e. The molecular weight excluding hydrogens is 356 g/mol. The van der Waals surface area contributed by atoms with Crippen molar-refractivity contribution >= 4 is 0 Å². The van der Waals surface area contributed by atoms with Crippen molar-refractivity contribution < 1.29 is 4.74 Å². The van der Waals surface area contributed by atoms with Crippen LogP contribution in [0.1, 0.15) is 61.3 Å². The fourth-order valence-electron chi connectivity index (χ4n) is 5.53. The van der Waals surface area contributed by atoms with Gasteiger partial charge in [-0.3, -0.25) is 9.80 Å². The fourth-order valence-corrected chi connectivity index (χ4v) is 5.53. The Labute approximate surface area is 175 Å². The lowest BCUT2D eigenvalue weighted by Crippen LogP contribution is -2.37. The largest absolute Gasteiger partial charge is 0.490 e. The number of rotatable bonds is 5. The van der Waals surface area contributed by atoms with Gasteiger partial charge in [-0.2, -0.15) is 0 Å². The van der Waals surface area contributed by atoms with Crippen LogP contribution in [0.5, 0.6) is 5.75 Å². The molecule has 1 aliphatic carbocycles. The lowest BCUT2D eigenvalue weighted by molar-refractivity contribution is 0.0961. The van der Waals surface area contributed by atoms with E-state index in [1.807, 2.05) is 0 Å². The first kappa shape index (κ1) is 19.1. The molecule has 2 saturated heterocycles. The molecule has 2 aliphatic heterocycles. The number of hydrogen-bond donors (Lipinski definition) is 0. The van der Waals surface area contributed by atoms with Crippen LogP contribution < -0.4 is 4.74 Å². The molecule has 0 radical (unpaired) electrons. The van der Waals surface area contributed by atoms with E-state index in [0.717, 1.165) is 32.5 Å². The maximum atomic E-state index is 6.59. The fraction of sp³-hybridized carbons (Fsp3) is 0.538. The molecule has 0 bridgehead atoms. The summed E-state index contributed by atoms with van der Waals surface area (Å²) in [4.78, 5) is 5.29. The van der Waals surface area contributed by atoms with Gasteiger partial charge in [-0.25, -0.2) is 0 Å². The molecule has 3 nitrogen and oxygen atoms in total. The Kier molecular flexibility index (Phi) is 5.87. The zero-order valence-electron chi connectivity index (χ0n) is 17.6. The Hall–Kier alpha value is -1.84. The van der Waals surface area contributed by atoms with Crippen molar-refractivity contribution in [3.8, 4) is 5.75 Å². The van der Waals surface area contributed by atoms with E-state index in [9.17, 15) is 0 Å². The second-order valence-corrected chi connectivity index (χ2v) is 9.05.